The summed E-state index contributed by atoms with van der Waals surface area (Å²) in [4.78, 5) is 26.0. The Hall–Kier alpha value is -2.10. The number of amides is 1. The number of fused-ring (bicyclic) bond motifs is 1. The van der Waals surface area contributed by atoms with Crippen molar-refractivity contribution in [2.24, 2.45) is 0 Å². The summed E-state index contributed by atoms with van der Waals surface area (Å²) < 4.78 is 5.50. The normalized spacial score (nSPS) is 15.5. The Labute approximate surface area is 117 Å². The first-order valence-corrected chi connectivity index (χ1v) is 7.03. The fraction of sp³-hybridized carbons (Fsp3) is 0.375. The molecule has 0 saturated carbocycles. The molecule has 2 heterocycles. The van der Waals surface area contributed by atoms with Gasteiger partial charge in [0, 0.05) is 18.5 Å². The van der Waals surface area contributed by atoms with E-state index in [1.54, 1.807) is 11.0 Å². The summed E-state index contributed by atoms with van der Waals surface area (Å²) in [6, 6.07) is 9.17. The third-order valence-corrected chi connectivity index (χ3v) is 3.72. The first kappa shape index (κ1) is 12.9. The molecule has 0 bridgehead atoms. The van der Waals surface area contributed by atoms with Gasteiger partial charge in [-0.05, 0) is 31.4 Å². The molecule has 0 atom stereocenters. The maximum Gasteiger partial charge on any atom is 0.230 e. The van der Waals surface area contributed by atoms with E-state index in [1.807, 2.05) is 24.3 Å². The lowest BCUT2D eigenvalue weighted by molar-refractivity contribution is -0.131. The van der Waals surface area contributed by atoms with E-state index in [1.165, 1.54) is 6.42 Å². The molecular weight excluding hydrogens is 254 g/mol. The van der Waals surface area contributed by atoms with Gasteiger partial charge in [0.15, 0.2) is 5.76 Å². The van der Waals surface area contributed by atoms with E-state index in [2.05, 4.69) is 0 Å². The van der Waals surface area contributed by atoms with Gasteiger partial charge >= 0.3 is 0 Å². The topological polar surface area (TPSA) is 50.5 Å². The van der Waals surface area contributed by atoms with Gasteiger partial charge in [-0.2, -0.15) is 0 Å². The summed E-state index contributed by atoms with van der Waals surface area (Å²) in [7, 11) is 0. The van der Waals surface area contributed by atoms with Crippen molar-refractivity contribution in [3.05, 3.63) is 36.1 Å². The number of furan rings is 1. The number of piperidine rings is 1. The summed E-state index contributed by atoms with van der Waals surface area (Å²) in [6.45, 7) is 1.54. The highest BCUT2D eigenvalue weighted by Gasteiger charge is 2.21. The zero-order chi connectivity index (χ0) is 13.9. The lowest BCUT2D eigenvalue weighted by Crippen LogP contribution is -2.36. The van der Waals surface area contributed by atoms with Crippen LogP contribution in [0.4, 0.5) is 0 Å². The summed E-state index contributed by atoms with van der Waals surface area (Å²) in [6.07, 6.45) is 3.14. The average Bonchev–Trinajstić information content (AvgIpc) is 2.92. The number of likely N-dealkylation sites (tertiary alicyclic amines) is 1. The number of rotatable bonds is 3. The van der Waals surface area contributed by atoms with Crippen molar-refractivity contribution in [2.75, 3.05) is 13.1 Å². The van der Waals surface area contributed by atoms with Crippen LogP contribution in [0.1, 0.15) is 36.2 Å². The molecule has 3 rings (SSSR count). The Bertz CT molecular complexity index is 605. The Morgan fingerprint density at radius 3 is 2.60 bits per heavy atom. The van der Waals surface area contributed by atoms with E-state index < -0.39 is 0 Å². The van der Waals surface area contributed by atoms with E-state index in [4.69, 9.17) is 4.42 Å². The maximum atomic E-state index is 12.1. The van der Waals surface area contributed by atoms with Crippen LogP contribution in [0.25, 0.3) is 11.0 Å². The third-order valence-electron chi connectivity index (χ3n) is 3.72. The second-order valence-corrected chi connectivity index (χ2v) is 5.19. The van der Waals surface area contributed by atoms with Crippen molar-refractivity contribution in [1.29, 1.82) is 0 Å². The zero-order valence-electron chi connectivity index (χ0n) is 11.3. The molecule has 1 fully saturated rings. The number of carbonyl (C=O) groups excluding carboxylic acids is 2. The second-order valence-electron chi connectivity index (χ2n) is 5.19. The van der Waals surface area contributed by atoms with Crippen LogP contribution in [0.5, 0.6) is 0 Å². The van der Waals surface area contributed by atoms with Gasteiger partial charge in [-0.25, -0.2) is 0 Å². The molecule has 2 aromatic rings. The number of benzene rings is 1. The van der Waals surface area contributed by atoms with Gasteiger partial charge in [-0.3, -0.25) is 9.59 Å². The first-order valence-electron chi connectivity index (χ1n) is 7.03. The van der Waals surface area contributed by atoms with Crippen LogP contribution < -0.4 is 0 Å². The quantitative estimate of drug-likeness (QED) is 0.637. The van der Waals surface area contributed by atoms with Gasteiger partial charge < -0.3 is 9.32 Å². The van der Waals surface area contributed by atoms with Crippen LogP contribution >= 0.6 is 0 Å². The molecule has 1 amide bonds. The summed E-state index contributed by atoms with van der Waals surface area (Å²) in [5.74, 6) is -0.0523. The van der Waals surface area contributed by atoms with Crippen molar-refractivity contribution < 1.29 is 14.0 Å². The SMILES string of the molecule is O=C(CC(=O)N1CCCCC1)c1cc2ccccc2o1. The Morgan fingerprint density at radius 1 is 1.10 bits per heavy atom. The minimum absolute atomic E-state index is 0.0878. The lowest BCUT2D eigenvalue weighted by atomic mass is 10.1. The van der Waals surface area contributed by atoms with Crippen molar-refractivity contribution in [2.45, 2.75) is 25.7 Å². The van der Waals surface area contributed by atoms with Gasteiger partial charge in [0.05, 0.1) is 6.42 Å². The van der Waals surface area contributed by atoms with Gasteiger partial charge in [0.2, 0.25) is 11.7 Å². The van der Waals surface area contributed by atoms with E-state index in [-0.39, 0.29) is 23.9 Å². The number of hydrogen-bond donors (Lipinski definition) is 0. The monoisotopic (exact) mass is 271 g/mol. The lowest BCUT2D eigenvalue weighted by Gasteiger charge is -2.26. The van der Waals surface area contributed by atoms with Crippen molar-refractivity contribution in [3.63, 3.8) is 0 Å². The summed E-state index contributed by atoms with van der Waals surface area (Å²) in [5.41, 5.74) is 0.682. The first-order chi connectivity index (χ1) is 9.74. The molecule has 4 heteroatoms. The summed E-state index contributed by atoms with van der Waals surface area (Å²) >= 11 is 0. The molecule has 0 spiro atoms. The predicted molar refractivity (Wildman–Crippen MR) is 75.6 cm³/mol. The molecule has 4 nitrogen and oxygen atoms in total. The molecule has 0 unspecified atom stereocenters. The van der Waals surface area contributed by atoms with Crippen molar-refractivity contribution >= 4 is 22.7 Å². The highest BCUT2D eigenvalue weighted by molar-refractivity contribution is 6.07. The van der Waals surface area contributed by atoms with Crippen LogP contribution in [0.15, 0.2) is 34.7 Å². The molecule has 1 aliphatic heterocycles. The zero-order valence-corrected chi connectivity index (χ0v) is 11.3. The van der Waals surface area contributed by atoms with Crippen LogP contribution in [-0.2, 0) is 4.79 Å². The number of Topliss-reactive ketones (excluding diaryl/α,β-unsaturated/α-hetero) is 1. The maximum absolute atomic E-state index is 12.1. The van der Waals surface area contributed by atoms with E-state index in [9.17, 15) is 9.59 Å². The predicted octanol–water partition coefficient (Wildman–Crippen LogP) is 3.02. The molecule has 0 N–H and O–H groups in total. The molecule has 1 aromatic carbocycles. The Kier molecular flexibility index (Phi) is 3.54. The molecule has 1 aliphatic rings. The summed E-state index contributed by atoms with van der Waals surface area (Å²) in [5, 5.41) is 0.890. The van der Waals surface area contributed by atoms with Crippen LogP contribution in [0.2, 0.25) is 0 Å². The second kappa shape index (κ2) is 5.49. The molecule has 1 saturated heterocycles. The van der Waals surface area contributed by atoms with Crippen LogP contribution in [-0.4, -0.2) is 29.7 Å². The van der Waals surface area contributed by atoms with Gasteiger partial charge in [0.25, 0.3) is 0 Å². The molecule has 0 radical (unpaired) electrons. The fourth-order valence-electron chi connectivity index (χ4n) is 2.60. The highest BCUT2D eigenvalue weighted by atomic mass is 16.3. The highest BCUT2D eigenvalue weighted by Crippen LogP contribution is 2.20. The number of carbonyl (C=O) groups is 2. The van der Waals surface area contributed by atoms with Crippen LogP contribution in [0.3, 0.4) is 0 Å². The average molecular weight is 271 g/mol. The van der Waals surface area contributed by atoms with Crippen molar-refractivity contribution in [3.8, 4) is 0 Å². The number of hydrogen-bond acceptors (Lipinski definition) is 3. The standard InChI is InChI=1S/C16H17NO3/c18-13(11-16(19)17-8-4-1-5-9-17)15-10-12-6-2-3-7-14(12)20-15/h2-3,6-7,10H,1,4-5,8-9,11H2. The van der Waals surface area contributed by atoms with Gasteiger partial charge in [-0.15, -0.1) is 0 Å². The third kappa shape index (κ3) is 2.59. The molecule has 1 aromatic heterocycles. The minimum Gasteiger partial charge on any atom is -0.453 e. The van der Waals surface area contributed by atoms with Gasteiger partial charge in [0.1, 0.15) is 5.58 Å². The smallest absolute Gasteiger partial charge is 0.230 e. The molecule has 104 valence electrons. The van der Waals surface area contributed by atoms with Crippen molar-refractivity contribution in [1.82, 2.24) is 4.90 Å². The van der Waals surface area contributed by atoms with Crippen LogP contribution in [0, 0.1) is 0 Å². The number of nitrogens with zero attached hydrogens (tertiary/aromatic N) is 1. The number of para-hydroxylation sites is 1. The number of ketones is 1. The Morgan fingerprint density at radius 2 is 1.85 bits per heavy atom. The molecule has 0 aliphatic carbocycles. The van der Waals surface area contributed by atoms with Gasteiger partial charge in [-0.1, -0.05) is 18.2 Å². The van der Waals surface area contributed by atoms with E-state index in [0.29, 0.717) is 5.58 Å². The molecule has 20 heavy (non-hydrogen) atoms. The minimum atomic E-state index is -0.239. The fourth-order valence-corrected chi connectivity index (χ4v) is 2.60. The molecular formula is C16H17NO3. The largest absolute Gasteiger partial charge is 0.453 e. The van der Waals surface area contributed by atoms with E-state index >= 15 is 0 Å². The van der Waals surface area contributed by atoms with E-state index in [0.717, 1.165) is 31.3 Å². The Balaban J connectivity index is 1.70.